The molecule has 0 saturated carbocycles. The first-order chi connectivity index (χ1) is 18.3. The summed E-state index contributed by atoms with van der Waals surface area (Å²) in [6.07, 6.45) is 1.30. The van der Waals surface area contributed by atoms with Gasteiger partial charge in [-0.3, -0.25) is 14.4 Å². The van der Waals surface area contributed by atoms with Crippen LogP contribution in [-0.2, 0) is 14.4 Å². The molecule has 0 aliphatic carbocycles. The first-order valence-electron chi connectivity index (χ1n) is 11.2. The number of benzene rings is 3. The molecule has 3 aromatic carbocycles. The van der Waals surface area contributed by atoms with Crippen molar-refractivity contribution in [3.8, 4) is 17.2 Å². The van der Waals surface area contributed by atoms with Gasteiger partial charge >= 0.3 is 11.8 Å². The number of halogens is 2. The van der Waals surface area contributed by atoms with E-state index in [0.717, 1.165) is 6.07 Å². The molecule has 10 nitrogen and oxygen atoms in total. The van der Waals surface area contributed by atoms with Crippen LogP contribution in [0.25, 0.3) is 0 Å². The minimum Gasteiger partial charge on any atom is -0.497 e. The van der Waals surface area contributed by atoms with Crippen LogP contribution in [0.15, 0.2) is 65.8 Å². The van der Waals surface area contributed by atoms with Crippen molar-refractivity contribution in [2.45, 2.75) is 6.92 Å². The highest BCUT2D eigenvalue weighted by Gasteiger charge is 2.16. The normalized spacial score (nSPS) is 10.5. The van der Waals surface area contributed by atoms with E-state index in [1.165, 1.54) is 24.4 Å². The van der Waals surface area contributed by atoms with Gasteiger partial charge in [-0.1, -0.05) is 12.1 Å². The van der Waals surface area contributed by atoms with Crippen LogP contribution in [0.3, 0.4) is 0 Å². The first-order valence-corrected chi connectivity index (χ1v) is 12.3. The number of hydrazone groups is 1. The van der Waals surface area contributed by atoms with Crippen LogP contribution in [0.5, 0.6) is 17.2 Å². The molecule has 0 aliphatic rings. The fraction of sp³-hybridized carbons (Fsp3) is 0.154. The SMILES string of the molecule is CCOc1cc(/C=N\NC(=O)C(=O)Nc2ccccc2F)cc(I)c1OCC(=O)Nc1ccc(OC)cc1. The number of nitrogens with one attached hydrogen (secondary N) is 3. The van der Waals surface area contributed by atoms with Gasteiger partial charge in [0.1, 0.15) is 11.6 Å². The molecule has 3 amide bonds. The van der Waals surface area contributed by atoms with E-state index >= 15 is 0 Å². The van der Waals surface area contributed by atoms with Crippen molar-refractivity contribution in [2.24, 2.45) is 5.10 Å². The van der Waals surface area contributed by atoms with Crippen molar-refractivity contribution in [3.05, 3.63) is 75.6 Å². The fourth-order valence-corrected chi connectivity index (χ4v) is 3.81. The average Bonchev–Trinajstić information content (AvgIpc) is 2.90. The highest BCUT2D eigenvalue weighted by Crippen LogP contribution is 2.34. The molecule has 0 atom stereocenters. The predicted octanol–water partition coefficient (Wildman–Crippen LogP) is 3.94. The van der Waals surface area contributed by atoms with Gasteiger partial charge in [0.15, 0.2) is 18.1 Å². The number of carbonyl (C=O) groups excluding carboxylic acids is 3. The molecule has 0 aromatic heterocycles. The Morgan fingerprint density at radius 1 is 1.00 bits per heavy atom. The third-order valence-corrected chi connectivity index (χ3v) is 5.56. The third-order valence-electron chi connectivity index (χ3n) is 4.76. The monoisotopic (exact) mass is 634 g/mol. The predicted molar refractivity (Wildman–Crippen MR) is 148 cm³/mol. The van der Waals surface area contributed by atoms with E-state index in [2.05, 4.69) is 21.2 Å². The molecule has 198 valence electrons. The first kappa shape index (κ1) is 28.4. The summed E-state index contributed by atoms with van der Waals surface area (Å²) in [5.41, 5.74) is 3.09. The van der Waals surface area contributed by atoms with Crippen LogP contribution in [0.4, 0.5) is 15.8 Å². The highest BCUT2D eigenvalue weighted by molar-refractivity contribution is 14.1. The van der Waals surface area contributed by atoms with Gasteiger partial charge in [0.05, 0.1) is 29.2 Å². The Morgan fingerprint density at radius 2 is 1.74 bits per heavy atom. The zero-order valence-electron chi connectivity index (χ0n) is 20.4. The number of amides is 3. The lowest BCUT2D eigenvalue weighted by atomic mass is 10.2. The van der Waals surface area contributed by atoms with Gasteiger partial charge in [-0.25, -0.2) is 9.82 Å². The number of hydrogen-bond acceptors (Lipinski definition) is 7. The van der Waals surface area contributed by atoms with Crippen molar-refractivity contribution in [1.82, 2.24) is 5.43 Å². The summed E-state index contributed by atoms with van der Waals surface area (Å²) < 4.78 is 30.8. The van der Waals surface area contributed by atoms with E-state index in [9.17, 15) is 18.8 Å². The summed E-state index contributed by atoms with van der Waals surface area (Å²) in [6.45, 7) is 1.86. The van der Waals surface area contributed by atoms with Gasteiger partial charge in [0, 0.05) is 5.69 Å². The summed E-state index contributed by atoms with van der Waals surface area (Å²) in [7, 11) is 1.56. The number of carbonyl (C=O) groups is 3. The van der Waals surface area contributed by atoms with E-state index in [-0.39, 0.29) is 18.2 Å². The summed E-state index contributed by atoms with van der Waals surface area (Å²) in [5, 5.41) is 8.68. The molecular formula is C26H24FIN4O6. The molecule has 0 fully saturated rings. The van der Waals surface area contributed by atoms with Crippen molar-refractivity contribution < 1.29 is 33.0 Å². The lowest BCUT2D eigenvalue weighted by molar-refractivity contribution is -0.136. The highest BCUT2D eigenvalue weighted by atomic mass is 127. The maximum absolute atomic E-state index is 13.7. The number of para-hydroxylation sites is 1. The van der Waals surface area contributed by atoms with Crippen LogP contribution in [0.1, 0.15) is 12.5 Å². The molecule has 3 rings (SSSR count). The minimum atomic E-state index is -1.08. The smallest absolute Gasteiger partial charge is 0.329 e. The second-order valence-electron chi connectivity index (χ2n) is 7.46. The maximum Gasteiger partial charge on any atom is 0.329 e. The zero-order chi connectivity index (χ0) is 27.5. The van der Waals surface area contributed by atoms with Crippen molar-refractivity contribution in [1.29, 1.82) is 0 Å². The van der Waals surface area contributed by atoms with Crippen LogP contribution >= 0.6 is 22.6 Å². The Bertz CT molecular complexity index is 1330. The van der Waals surface area contributed by atoms with Crippen molar-refractivity contribution >= 4 is 57.9 Å². The Labute approximate surface area is 231 Å². The van der Waals surface area contributed by atoms with Gasteiger partial charge in [-0.05, 0) is 83.6 Å². The van der Waals surface area contributed by atoms with Gasteiger partial charge in [-0.15, -0.1) is 0 Å². The van der Waals surface area contributed by atoms with Crippen molar-refractivity contribution in [2.75, 3.05) is 31.0 Å². The van der Waals surface area contributed by atoms with Crippen LogP contribution in [-0.4, -0.2) is 44.3 Å². The second kappa shape index (κ2) is 13.9. The number of rotatable bonds is 10. The standard InChI is InChI=1S/C26H24FIN4O6/c1-3-37-22-13-16(14-29-32-26(35)25(34)31-21-7-5-4-6-19(21)27)12-20(28)24(22)38-15-23(33)30-17-8-10-18(36-2)11-9-17/h4-14H,3,15H2,1-2H3,(H,30,33)(H,31,34)(H,32,35)/b29-14-. The summed E-state index contributed by atoms with van der Waals surface area (Å²) in [6, 6.07) is 15.6. The molecule has 3 aromatic rings. The zero-order valence-corrected chi connectivity index (χ0v) is 22.6. The molecule has 3 N–H and O–H groups in total. The van der Waals surface area contributed by atoms with E-state index in [1.807, 2.05) is 22.6 Å². The Balaban J connectivity index is 1.60. The number of nitrogens with zero attached hydrogens (tertiary/aromatic N) is 1. The fourth-order valence-electron chi connectivity index (χ4n) is 3.03. The number of methoxy groups -OCH3 is 1. The van der Waals surface area contributed by atoms with Crippen molar-refractivity contribution in [3.63, 3.8) is 0 Å². The quantitative estimate of drug-likeness (QED) is 0.134. The molecule has 0 unspecified atom stereocenters. The van der Waals surface area contributed by atoms with Crippen LogP contribution < -0.4 is 30.3 Å². The molecule has 0 heterocycles. The summed E-state index contributed by atoms with van der Waals surface area (Å²) >= 11 is 2.02. The van der Waals surface area contributed by atoms with Gasteiger partial charge in [-0.2, -0.15) is 5.10 Å². The molecule has 12 heteroatoms. The van der Waals surface area contributed by atoms with E-state index in [1.54, 1.807) is 50.4 Å². The average molecular weight is 634 g/mol. The maximum atomic E-state index is 13.7. The molecule has 0 bridgehead atoms. The lowest BCUT2D eigenvalue weighted by Crippen LogP contribution is -2.32. The number of hydrogen-bond donors (Lipinski definition) is 3. The Morgan fingerprint density at radius 3 is 2.42 bits per heavy atom. The second-order valence-corrected chi connectivity index (χ2v) is 8.62. The third kappa shape index (κ3) is 8.16. The molecule has 38 heavy (non-hydrogen) atoms. The topological polar surface area (TPSA) is 127 Å². The summed E-state index contributed by atoms with van der Waals surface area (Å²) in [4.78, 5) is 36.3. The molecule has 0 aliphatic heterocycles. The number of anilines is 2. The van der Waals surface area contributed by atoms with Crippen LogP contribution in [0.2, 0.25) is 0 Å². The summed E-state index contributed by atoms with van der Waals surface area (Å²) in [5.74, 6) is -1.79. The molecule has 0 radical (unpaired) electrons. The van der Waals surface area contributed by atoms with Gasteiger partial charge in [0.25, 0.3) is 5.91 Å². The number of ether oxygens (including phenoxy) is 3. The van der Waals surface area contributed by atoms with E-state index < -0.39 is 17.6 Å². The van der Waals surface area contributed by atoms with E-state index in [0.29, 0.717) is 38.7 Å². The largest absolute Gasteiger partial charge is 0.497 e. The van der Waals surface area contributed by atoms with E-state index in [4.69, 9.17) is 14.2 Å². The Kier molecular flexibility index (Phi) is 10.4. The Hall–Kier alpha value is -4.20. The minimum absolute atomic E-state index is 0.124. The van der Waals surface area contributed by atoms with Gasteiger partial charge < -0.3 is 24.8 Å². The molecule has 0 saturated heterocycles. The molecule has 0 spiro atoms. The van der Waals surface area contributed by atoms with Gasteiger partial charge in [0.2, 0.25) is 0 Å². The molecular weight excluding hydrogens is 610 g/mol. The van der Waals surface area contributed by atoms with Crippen LogP contribution in [0, 0.1) is 9.39 Å². The lowest BCUT2D eigenvalue weighted by Gasteiger charge is -2.14.